The Kier molecular flexibility index (Phi) is 5.83. The SMILES string of the molecule is CCC(C)c1ccccc1Oc1ccc(CCN)c(Br)c1. The van der Waals surface area contributed by atoms with Gasteiger partial charge in [-0.05, 0) is 54.6 Å². The minimum absolute atomic E-state index is 0.487. The summed E-state index contributed by atoms with van der Waals surface area (Å²) in [7, 11) is 0. The van der Waals surface area contributed by atoms with Crippen LogP contribution in [0.5, 0.6) is 11.5 Å². The lowest BCUT2D eigenvalue weighted by atomic mass is 9.98. The highest BCUT2D eigenvalue weighted by Gasteiger charge is 2.11. The second kappa shape index (κ2) is 7.62. The summed E-state index contributed by atoms with van der Waals surface area (Å²) in [5.41, 5.74) is 8.07. The topological polar surface area (TPSA) is 35.2 Å². The Hall–Kier alpha value is -1.32. The minimum atomic E-state index is 0.487. The van der Waals surface area contributed by atoms with E-state index in [1.807, 2.05) is 24.3 Å². The summed E-state index contributed by atoms with van der Waals surface area (Å²) in [5.74, 6) is 2.27. The molecular formula is C18H22BrNO. The summed E-state index contributed by atoms with van der Waals surface area (Å²) in [6.07, 6.45) is 1.96. The summed E-state index contributed by atoms with van der Waals surface area (Å²) in [5, 5.41) is 0. The molecular weight excluding hydrogens is 326 g/mol. The monoisotopic (exact) mass is 347 g/mol. The highest BCUT2D eigenvalue weighted by Crippen LogP contribution is 2.33. The third-order valence-electron chi connectivity index (χ3n) is 3.73. The molecule has 0 aliphatic heterocycles. The van der Waals surface area contributed by atoms with Gasteiger partial charge in [-0.1, -0.05) is 54.0 Å². The lowest BCUT2D eigenvalue weighted by Crippen LogP contribution is -2.03. The maximum Gasteiger partial charge on any atom is 0.130 e. The molecule has 1 unspecified atom stereocenters. The van der Waals surface area contributed by atoms with Crippen molar-refractivity contribution < 1.29 is 4.74 Å². The summed E-state index contributed by atoms with van der Waals surface area (Å²) in [4.78, 5) is 0. The molecule has 0 bridgehead atoms. The largest absolute Gasteiger partial charge is 0.457 e. The van der Waals surface area contributed by atoms with Crippen LogP contribution in [-0.2, 0) is 6.42 Å². The molecule has 21 heavy (non-hydrogen) atoms. The van der Waals surface area contributed by atoms with Crippen LogP contribution in [-0.4, -0.2) is 6.54 Å². The fraction of sp³-hybridized carbons (Fsp3) is 0.333. The maximum atomic E-state index is 6.09. The third kappa shape index (κ3) is 4.08. The van der Waals surface area contributed by atoms with Crippen molar-refractivity contribution in [3.05, 3.63) is 58.1 Å². The predicted octanol–water partition coefficient (Wildman–Crippen LogP) is 5.26. The third-order valence-corrected chi connectivity index (χ3v) is 4.47. The highest BCUT2D eigenvalue weighted by molar-refractivity contribution is 9.10. The second-order valence-corrected chi connectivity index (χ2v) is 6.10. The van der Waals surface area contributed by atoms with Gasteiger partial charge in [0.25, 0.3) is 0 Å². The molecule has 0 aromatic heterocycles. The Morgan fingerprint density at radius 3 is 2.62 bits per heavy atom. The molecule has 2 aromatic rings. The molecule has 2 aromatic carbocycles. The van der Waals surface area contributed by atoms with Crippen LogP contribution < -0.4 is 10.5 Å². The molecule has 112 valence electrons. The van der Waals surface area contributed by atoms with Crippen molar-refractivity contribution in [2.45, 2.75) is 32.6 Å². The number of benzene rings is 2. The molecule has 0 spiro atoms. The number of hydrogen-bond donors (Lipinski definition) is 1. The molecule has 0 radical (unpaired) electrons. The normalized spacial score (nSPS) is 12.2. The quantitative estimate of drug-likeness (QED) is 0.773. The zero-order valence-electron chi connectivity index (χ0n) is 12.6. The Labute approximate surface area is 135 Å². The van der Waals surface area contributed by atoms with Crippen molar-refractivity contribution in [2.75, 3.05) is 6.54 Å². The van der Waals surface area contributed by atoms with Gasteiger partial charge in [-0.15, -0.1) is 0 Å². The summed E-state index contributed by atoms with van der Waals surface area (Å²) in [6, 6.07) is 14.3. The molecule has 0 amide bonds. The standard InChI is InChI=1S/C18H22BrNO/c1-3-13(2)16-6-4-5-7-18(16)21-15-9-8-14(10-11-20)17(19)12-15/h4-9,12-13H,3,10-11,20H2,1-2H3. The van der Waals surface area contributed by atoms with Crippen molar-refractivity contribution in [2.24, 2.45) is 5.73 Å². The van der Waals surface area contributed by atoms with E-state index in [0.29, 0.717) is 12.5 Å². The van der Waals surface area contributed by atoms with E-state index in [4.69, 9.17) is 10.5 Å². The molecule has 0 aliphatic rings. The average Bonchev–Trinajstić information content (AvgIpc) is 2.50. The number of rotatable bonds is 6. The van der Waals surface area contributed by atoms with Crippen LogP contribution in [0.4, 0.5) is 0 Å². The second-order valence-electron chi connectivity index (χ2n) is 5.24. The predicted molar refractivity (Wildman–Crippen MR) is 92.1 cm³/mol. The number of ether oxygens (including phenoxy) is 1. The van der Waals surface area contributed by atoms with Crippen molar-refractivity contribution in [3.8, 4) is 11.5 Å². The van der Waals surface area contributed by atoms with Gasteiger partial charge < -0.3 is 10.5 Å². The Bertz CT molecular complexity index is 598. The zero-order chi connectivity index (χ0) is 15.2. The lowest BCUT2D eigenvalue weighted by Gasteiger charge is -2.16. The fourth-order valence-electron chi connectivity index (χ4n) is 2.28. The zero-order valence-corrected chi connectivity index (χ0v) is 14.2. The van der Waals surface area contributed by atoms with Crippen LogP contribution in [0.3, 0.4) is 0 Å². The van der Waals surface area contributed by atoms with Crippen molar-refractivity contribution in [1.29, 1.82) is 0 Å². The maximum absolute atomic E-state index is 6.09. The average molecular weight is 348 g/mol. The van der Waals surface area contributed by atoms with E-state index in [1.54, 1.807) is 0 Å². The molecule has 0 heterocycles. The molecule has 2 N–H and O–H groups in total. The number of para-hydroxylation sites is 1. The van der Waals surface area contributed by atoms with Crippen molar-refractivity contribution >= 4 is 15.9 Å². The first-order valence-electron chi connectivity index (χ1n) is 7.41. The van der Waals surface area contributed by atoms with Crippen LogP contribution in [0.1, 0.15) is 37.3 Å². The van der Waals surface area contributed by atoms with Crippen LogP contribution in [0.25, 0.3) is 0 Å². The van der Waals surface area contributed by atoms with Gasteiger partial charge in [0.1, 0.15) is 11.5 Å². The van der Waals surface area contributed by atoms with E-state index in [2.05, 4.69) is 48.0 Å². The van der Waals surface area contributed by atoms with E-state index in [-0.39, 0.29) is 0 Å². The van der Waals surface area contributed by atoms with Gasteiger partial charge in [0, 0.05) is 4.47 Å². The Balaban J connectivity index is 2.24. The van der Waals surface area contributed by atoms with E-state index in [1.165, 1.54) is 11.1 Å². The minimum Gasteiger partial charge on any atom is -0.457 e. The van der Waals surface area contributed by atoms with E-state index >= 15 is 0 Å². The van der Waals surface area contributed by atoms with E-state index < -0.39 is 0 Å². The summed E-state index contributed by atoms with van der Waals surface area (Å²) < 4.78 is 7.13. The molecule has 2 rings (SSSR count). The summed E-state index contributed by atoms with van der Waals surface area (Å²) in [6.45, 7) is 5.07. The van der Waals surface area contributed by atoms with E-state index in [0.717, 1.165) is 28.8 Å². The van der Waals surface area contributed by atoms with Crippen molar-refractivity contribution in [3.63, 3.8) is 0 Å². The van der Waals surface area contributed by atoms with Crippen LogP contribution in [0.2, 0.25) is 0 Å². The Morgan fingerprint density at radius 2 is 1.95 bits per heavy atom. The van der Waals surface area contributed by atoms with Gasteiger partial charge in [0.2, 0.25) is 0 Å². The molecule has 0 fully saturated rings. The molecule has 0 aliphatic carbocycles. The van der Waals surface area contributed by atoms with Crippen LogP contribution in [0, 0.1) is 0 Å². The van der Waals surface area contributed by atoms with Crippen molar-refractivity contribution in [1.82, 2.24) is 0 Å². The first kappa shape index (κ1) is 16.1. The first-order chi connectivity index (χ1) is 10.2. The molecule has 0 saturated carbocycles. The highest BCUT2D eigenvalue weighted by atomic mass is 79.9. The lowest BCUT2D eigenvalue weighted by molar-refractivity contribution is 0.470. The van der Waals surface area contributed by atoms with Gasteiger partial charge >= 0.3 is 0 Å². The molecule has 0 saturated heterocycles. The molecule has 1 atom stereocenters. The number of halogens is 1. The molecule has 2 nitrogen and oxygen atoms in total. The van der Waals surface area contributed by atoms with Gasteiger partial charge in [-0.3, -0.25) is 0 Å². The van der Waals surface area contributed by atoms with Gasteiger partial charge in [0.15, 0.2) is 0 Å². The molecule has 3 heteroatoms. The first-order valence-corrected chi connectivity index (χ1v) is 8.20. The number of hydrogen-bond acceptors (Lipinski definition) is 2. The van der Waals surface area contributed by atoms with E-state index in [9.17, 15) is 0 Å². The summed E-state index contributed by atoms with van der Waals surface area (Å²) >= 11 is 3.59. The van der Waals surface area contributed by atoms with Gasteiger partial charge in [-0.25, -0.2) is 0 Å². The smallest absolute Gasteiger partial charge is 0.130 e. The van der Waals surface area contributed by atoms with Crippen LogP contribution >= 0.6 is 15.9 Å². The number of nitrogens with two attached hydrogens (primary N) is 1. The van der Waals surface area contributed by atoms with Gasteiger partial charge in [-0.2, -0.15) is 0 Å². The van der Waals surface area contributed by atoms with Gasteiger partial charge in [0.05, 0.1) is 0 Å². The van der Waals surface area contributed by atoms with Crippen LogP contribution in [0.15, 0.2) is 46.9 Å². The fourth-order valence-corrected chi connectivity index (χ4v) is 2.83. The Morgan fingerprint density at radius 1 is 1.19 bits per heavy atom.